The van der Waals surface area contributed by atoms with Gasteiger partial charge in [0.05, 0.1) is 17.9 Å². The fourth-order valence-corrected chi connectivity index (χ4v) is 2.33. The Morgan fingerprint density at radius 3 is 2.62 bits per heavy atom. The van der Waals surface area contributed by atoms with Crippen LogP contribution in [0.3, 0.4) is 0 Å². The van der Waals surface area contributed by atoms with Gasteiger partial charge in [-0.15, -0.1) is 0 Å². The highest BCUT2D eigenvalue weighted by molar-refractivity contribution is 6.04. The van der Waals surface area contributed by atoms with Crippen LogP contribution >= 0.6 is 0 Å². The highest BCUT2D eigenvalue weighted by Crippen LogP contribution is 2.17. The smallest absolute Gasteiger partial charge is 0.265 e. The Kier molecular flexibility index (Phi) is 7.17. The molecule has 0 radical (unpaired) electrons. The van der Waals surface area contributed by atoms with E-state index in [0.29, 0.717) is 30.2 Å². The summed E-state index contributed by atoms with van der Waals surface area (Å²) >= 11 is 0. The van der Waals surface area contributed by atoms with Crippen molar-refractivity contribution in [3.8, 4) is 5.75 Å². The predicted molar refractivity (Wildman–Crippen MR) is 101 cm³/mol. The summed E-state index contributed by atoms with van der Waals surface area (Å²) in [5, 5.41) is 5.50. The zero-order valence-corrected chi connectivity index (χ0v) is 15.2. The largest absolute Gasteiger partial charge is 0.481 e. The van der Waals surface area contributed by atoms with E-state index in [4.69, 9.17) is 9.47 Å². The van der Waals surface area contributed by atoms with E-state index >= 15 is 0 Å². The molecule has 6 heteroatoms. The van der Waals surface area contributed by atoms with Gasteiger partial charge >= 0.3 is 0 Å². The number of benzene rings is 2. The minimum Gasteiger partial charge on any atom is -0.481 e. The maximum atomic E-state index is 12.4. The topological polar surface area (TPSA) is 76.7 Å². The number of methoxy groups -OCH3 is 1. The number of carbonyl (C=O) groups excluding carboxylic acids is 2. The Hall–Kier alpha value is -2.86. The first-order valence-electron chi connectivity index (χ1n) is 8.41. The molecule has 0 aliphatic carbocycles. The van der Waals surface area contributed by atoms with E-state index in [1.165, 1.54) is 0 Å². The normalized spacial score (nSPS) is 11.5. The maximum Gasteiger partial charge on any atom is 0.265 e. The molecule has 6 nitrogen and oxygen atoms in total. The van der Waals surface area contributed by atoms with Crippen molar-refractivity contribution in [1.29, 1.82) is 0 Å². The number of rotatable bonds is 8. The van der Waals surface area contributed by atoms with Crippen LogP contribution in [0.25, 0.3) is 0 Å². The Bertz CT molecular complexity index is 761. The van der Waals surface area contributed by atoms with E-state index in [0.717, 1.165) is 5.56 Å². The van der Waals surface area contributed by atoms with Crippen molar-refractivity contribution in [2.45, 2.75) is 20.0 Å². The number of anilines is 1. The van der Waals surface area contributed by atoms with E-state index in [1.807, 2.05) is 25.1 Å². The number of amides is 2. The summed E-state index contributed by atoms with van der Waals surface area (Å²) < 4.78 is 10.6. The van der Waals surface area contributed by atoms with Gasteiger partial charge < -0.3 is 20.1 Å². The molecule has 0 aliphatic rings. The Morgan fingerprint density at radius 2 is 1.88 bits per heavy atom. The molecule has 138 valence electrons. The van der Waals surface area contributed by atoms with Gasteiger partial charge in [0.15, 0.2) is 6.10 Å². The molecule has 26 heavy (non-hydrogen) atoms. The lowest BCUT2D eigenvalue weighted by atomic mass is 10.1. The first-order valence-corrected chi connectivity index (χ1v) is 8.41. The third-order valence-electron chi connectivity index (χ3n) is 3.69. The highest BCUT2D eigenvalue weighted by atomic mass is 16.5. The highest BCUT2D eigenvalue weighted by Gasteiger charge is 2.18. The van der Waals surface area contributed by atoms with Crippen molar-refractivity contribution < 1.29 is 19.1 Å². The molecule has 0 aromatic heterocycles. The molecule has 1 unspecified atom stereocenters. The maximum absolute atomic E-state index is 12.4. The number of hydrogen-bond donors (Lipinski definition) is 2. The number of nitrogens with one attached hydrogen (secondary N) is 2. The average molecular weight is 356 g/mol. The summed E-state index contributed by atoms with van der Waals surface area (Å²) in [7, 11) is 1.57. The molecule has 0 saturated heterocycles. The number of para-hydroxylation sites is 1. The van der Waals surface area contributed by atoms with Crippen LogP contribution in [-0.2, 0) is 9.53 Å². The van der Waals surface area contributed by atoms with Crippen LogP contribution in [0.2, 0.25) is 0 Å². The number of ether oxygens (including phenoxy) is 2. The fraction of sp³-hybridized carbons (Fsp3) is 0.300. The Morgan fingerprint density at radius 1 is 1.12 bits per heavy atom. The van der Waals surface area contributed by atoms with Crippen LogP contribution in [0, 0.1) is 6.92 Å². The van der Waals surface area contributed by atoms with Crippen LogP contribution < -0.4 is 15.4 Å². The molecule has 0 spiro atoms. The van der Waals surface area contributed by atoms with Gasteiger partial charge in [0, 0.05) is 13.7 Å². The fourth-order valence-electron chi connectivity index (χ4n) is 2.33. The van der Waals surface area contributed by atoms with Crippen molar-refractivity contribution in [1.82, 2.24) is 5.32 Å². The second-order valence-corrected chi connectivity index (χ2v) is 5.86. The van der Waals surface area contributed by atoms with Gasteiger partial charge in [-0.1, -0.05) is 24.3 Å². The van der Waals surface area contributed by atoms with E-state index < -0.39 is 6.10 Å². The van der Waals surface area contributed by atoms with Crippen LogP contribution in [-0.4, -0.2) is 38.2 Å². The van der Waals surface area contributed by atoms with Crippen molar-refractivity contribution >= 4 is 17.5 Å². The minimum atomic E-state index is -0.707. The third kappa shape index (κ3) is 5.60. The molecule has 2 amide bonds. The van der Waals surface area contributed by atoms with Crippen molar-refractivity contribution in [2.75, 3.05) is 25.6 Å². The molecule has 2 rings (SSSR count). The summed E-state index contributed by atoms with van der Waals surface area (Å²) in [6, 6.07) is 14.3. The van der Waals surface area contributed by atoms with Gasteiger partial charge in [0.2, 0.25) is 0 Å². The molecular formula is C20H24N2O4. The van der Waals surface area contributed by atoms with Crippen molar-refractivity contribution in [2.24, 2.45) is 0 Å². The zero-order valence-electron chi connectivity index (χ0n) is 15.2. The van der Waals surface area contributed by atoms with Crippen LogP contribution in [0.1, 0.15) is 22.8 Å². The Labute approximate surface area is 153 Å². The van der Waals surface area contributed by atoms with E-state index in [2.05, 4.69) is 10.6 Å². The van der Waals surface area contributed by atoms with Gasteiger partial charge in [0.25, 0.3) is 11.8 Å². The second-order valence-electron chi connectivity index (χ2n) is 5.86. The molecule has 0 bridgehead atoms. The lowest BCUT2D eigenvalue weighted by Crippen LogP contribution is -2.32. The van der Waals surface area contributed by atoms with E-state index in [-0.39, 0.29) is 11.8 Å². The van der Waals surface area contributed by atoms with Crippen molar-refractivity contribution in [3.05, 3.63) is 59.7 Å². The summed E-state index contributed by atoms with van der Waals surface area (Å²) in [6.45, 7) is 4.43. The van der Waals surface area contributed by atoms with E-state index in [1.54, 1.807) is 44.4 Å². The minimum absolute atomic E-state index is 0.273. The standard InChI is InChI=1S/C20H24N2O4/c1-14-7-6-8-16(13-14)26-15(2)19(23)22-18-10-5-4-9-17(18)20(24)21-11-12-25-3/h4-10,13,15H,11-12H2,1-3H3,(H,21,24)(H,22,23). The lowest BCUT2D eigenvalue weighted by molar-refractivity contribution is -0.122. The SMILES string of the molecule is COCCNC(=O)c1ccccc1NC(=O)C(C)Oc1cccc(C)c1. The summed E-state index contributed by atoms with van der Waals surface area (Å²) in [6.07, 6.45) is -0.707. The number of hydrogen-bond acceptors (Lipinski definition) is 4. The van der Waals surface area contributed by atoms with Gasteiger partial charge in [-0.2, -0.15) is 0 Å². The number of aryl methyl sites for hydroxylation is 1. The quantitative estimate of drug-likeness (QED) is 0.713. The third-order valence-corrected chi connectivity index (χ3v) is 3.69. The van der Waals surface area contributed by atoms with Crippen LogP contribution in [0.15, 0.2) is 48.5 Å². The van der Waals surface area contributed by atoms with Gasteiger partial charge in [-0.25, -0.2) is 0 Å². The molecule has 0 heterocycles. The zero-order chi connectivity index (χ0) is 18.9. The van der Waals surface area contributed by atoms with Crippen molar-refractivity contribution in [3.63, 3.8) is 0 Å². The Balaban J connectivity index is 2.03. The monoisotopic (exact) mass is 356 g/mol. The summed E-state index contributed by atoms with van der Waals surface area (Å²) in [4.78, 5) is 24.7. The van der Waals surface area contributed by atoms with Gasteiger partial charge in [0.1, 0.15) is 5.75 Å². The van der Waals surface area contributed by atoms with E-state index in [9.17, 15) is 9.59 Å². The lowest BCUT2D eigenvalue weighted by Gasteiger charge is -2.16. The molecule has 1 atom stereocenters. The predicted octanol–water partition coefficient (Wildman–Crippen LogP) is 2.78. The average Bonchev–Trinajstić information content (AvgIpc) is 2.62. The second kappa shape index (κ2) is 9.58. The molecule has 2 aromatic carbocycles. The molecule has 2 aromatic rings. The molecule has 2 N–H and O–H groups in total. The first-order chi connectivity index (χ1) is 12.5. The number of carbonyl (C=O) groups is 2. The summed E-state index contributed by atoms with van der Waals surface area (Å²) in [5.74, 6) is 0.0205. The summed E-state index contributed by atoms with van der Waals surface area (Å²) in [5.41, 5.74) is 1.88. The van der Waals surface area contributed by atoms with Gasteiger partial charge in [-0.3, -0.25) is 9.59 Å². The van der Waals surface area contributed by atoms with Crippen LogP contribution in [0.4, 0.5) is 5.69 Å². The molecule has 0 saturated carbocycles. The molecule has 0 fully saturated rings. The van der Waals surface area contributed by atoms with Gasteiger partial charge in [-0.05, 0) is 43.7 Å². The molecular weight excluding hydrogens is 332 g/mol. The first kappa shape index (κ1) is 19.5. The molecule has 0 aliphatic heterocycles. The van der Waals surface area contributed by atoms with Crippen LogP contribution in [0.5, 0.6) is 5.75 Å².